The first-order valence-electron chi connectivity index (χ1n) is 9.49. The molecule has 8 heteroatoms. The maximum absolute atomic E-state index is 14.1. The summed E-state index contributed by atoms with van der Waals surface area (Å²) in [4.78, 5) is 4.51. The molecule has 0 radical (unpaired) electrons. The number of nitrogens with one attached hydrogen (secondary N) is 3. The van der Waals surface area contributed by atoms with Crippen molar-refractivity contribution in [3.8, 4) is 0 Å². The first-order chi connectivity index (χ1) is 13.6. The van der Waals surface area contributed by atoms with Crippen LogP contribution >= 0.6 is 0 Å². The fourth-order valence-corrected chi connectivity index (χ4v) is 2.83. The number of nitrogens with zero attached hydrogens (tertiary/aromatic N) is 3. The van der Waals surface area contributed by atoms with Gasteiger partial charge in [-0.15, -0.1) is 0 Å². The quantitative estimate of drug-likeness (QED) is 0.464. The van der Waals surface area contributed by atoms with Crippen LogP contribution in [0.25, 0.3) is 5.65 Å². The van der Waals surface area contributed by atoms with Crippen LogP contribution in [0.1, 0.15) is 19.4 Å². The summed E-state index contributed by atoms with van der Waals surface area (Å²) >= 11 is 0. The van der Waals surface area contributed by atoms with Gasteiger partial charge in [0.15, 0.2) is 5.65 Å². The van der Waals surface area contributed by atoms with Crippen LogP contribution in [0.15, 0.2) is 36.5 Å². The number of hydrogen-bond acceptors (Lipinski definition) is 6. The Hall–Kier alpha value is -2.71. The largest absolute Gasteiger partial charge is 0.380 e. The highest BCUT2D eigenvalue weighted by atomic mass is 19.1. The van der Waals surface area contributed by atoms with Gasteiger partial charge in [0.2, 0.25) is 0 Å². The third-order valence-electron chi connectivity index (χ3n) is 4.28. The molecule has 0 aliphatic heterocycles. The number of ether oxygens (including phenoxy) is 1. The van der Waals surface area contributed by atoms with Gasteiger partial charge < -0.3 is 20.7 Å². The monoisotopic (exact) mass is 386 g/mol. The second-order valence-electron chi connectivity index (χ2n) is 6.67. The predicted octanol–water partition coefficient (Wildman–Crippen LogP) is 3.35. The molecule has 0 amide bonds. The summed E-state index contributed by atoms with van der Waals surface area (Å²) in [6.07, 6.45) is 1.69. The molecule has 0 saturated heterocycles. The summed E-state index contributed by atoms with van der Waals surface area (Å²) in [5.41, 5.74) is 2.05. The van der Waals surface area contributed by atoms with Crippen molar-refractivity contribution in [3.05, 3.63) is 47.9 Å². The number of halogens is 1. The van der Waals surface area contributed by atoms with E-state index in [1.165, 1.54) is 6.07 Å². The second kappa shape index (κ2) is 9.48. The van der Waals surface area contributed by atoms with Crippen molar-refractivity contribution in [1.29, 1.82) is 0 Å². The molecule has 0 fully saturated rings. The van der Waals surface area contributed by atoms with Crippen molar-refractivity contribution in [1.82, 2.24) is 19.9 Å². The molecule has 1 unspecified atom stereocenters. The zero-order valence-corrected chi connectivity index (χ0v) is 16.5. The summed E-state index contributed by atoms with van der Waals surface area (Å²) in [5, 5.41) is 14.2. The molecule has 0 aliphatic carbocycles. The first kappa shape index (κ1) is 20.0. The predicted molar refractivity (Wildman–Crippen MR) is 110 cm³/mol. The van der Waals surface area contributed by atoms with E-state index in [2.05, 4.69) is 33.0 Å². The van der Waals surface area contributed by atoms with Crippen LogP contribution in [0.4, 0.5) is 21.7 Å². The van der Waals surface area contributed by atoms with Gasteiger partial charge in [0.1, 0.15) is 17.5 Å². The average molecular weight is 386 g/mol. The van der Waals surface area contributed by atoms with Gasteiger partial charge in [-0.1, -0.05) is 6.07 Å². The SMILES string of the molecule is CCOCCNC(C)CNc1cc(Nc2cc(C)ccc2F)nc2ccnn12. The molecule has 0 spiro atoms. The highest BCUT2D eigenvalue weighted by Crippen LogP contribution is 2.23. The van der Waals surface area contributed by atoms with Crippen LogP contribution in [-0.4, -0.2) is 46.9 Å². The third kappa shape index (κ3) is 5.17. The van der Waals surface area contributed by atoms with Crippen molar-refractivity contribution in [3.63, 3.8) is 0 Å². The fourth-order valence-electron chi connectivity index (χ4n) is 2.83. The zero-order valence-electron chi connectivity index (χ0n) is 16.5. The van der Waals surface area contributed by atoms with Gasteiger partial charge in [-0.05, 0) is 38.5 Å². The van der Waals surface area contributed by atoms with Crippen LogP contribution in [0.3, 0.4) is 0 Å². The molecule has 7 nitrogen and oxygen atoms in total. The van der Waals surface area contributed by atoms with Crippen molar-refractivity contribution < 1.29 is 9.13 Å². The highest BCUT2D eigenvalue weighted by molar-refractivity contribution is 5.64. The minimum atomic E-state index is -0.317. The summed E-state index contributed by atoms with van der Waals surface area (Å²) in [7, 11) is 0. The van der Waals surface area contributed by atoms with Gasteiger partial charge in [-0.3, -0.25) is 0 Å². The minimum absolute atomic E-state index is 0.241. The van der Waals surface area contributed by atoms with E-state index >= 15 is 0 Å². The smallest absolute Gasteiger partial charge is 0.159 e. The number of aromatic nitrogens is 3. The van der Waals surface area contributed by atoms with E-state index in [1.807, 2.05) is 26.0 Å². The molecule has 3 rings (SSSR count). The minimum Gasteiger partial charge on any atom is -0.380 e. The molecule has 2 heterocycles. The second-order valence-corrected chi connectivity index (χ2v) is 6.67. The van der Waals surface area contributed by atoms with E-state index in [1.54, 1.807) is 22.8 Å². The molecule has 0 bridgehead atoms. The van der Waals surface area contributed by atoms with Gasteiger partial charge in [0.05, 0.1) is 18.5 Å². The number of benzene rings is 1. The van der Waals surface area contributed by atoms with Crippen LogP contribution in [-0.2, 0) is 4.74 Å². The van der Waals surface area contributed by atoms with Crippen LogP contribution < -0.4 is 16.0 Å². The molecule has 1 aromatic carbocycles. The Morgan fingerprint density at radius 3 is 2.93 bits per heavy atom. The van der Waals surface area contributed by atoms with E-state index in [4.69, 9.17) is 4.74 Å². The van der Waals surface area contributed by atoms with Crippen LogP contribution in [0, 0.1) is 12.7 Å². The molecular formula is C20H27FN6O. The maximum Gasteiger partial charge on any atom is 0.159 e. The lowest BCUT2D eigenvalue weighted by molar-refractivity contribution is 0.147. The maximum atomic E-state index is 14.1. The van der Waals surface area contributed by atoms with Crippen LogP contribution in [0.5, 0.6) is 0 Å². The molecule has 0 aliphatic rings. The lowest BCUT2D eigenvalue weighted by Crippen LogP contribution is -2.35. The van der Waals surface area contributed by atoms with E-state index in [9.17, 15) is 4.39 Å². The van der Waals surface area contributed by atoms with E-state index < -0.39 is 0 Å². The van der Waals surface area contributed by atoms with Gasteiger partial charge in [-0.2, -0.15) is 9.61 Å². The standard InChI is InChI=1S/C20H27FN6O/c1-4-28-10-9-22-15(3)13-23-20-12-18(26-19-7-8-24-27(19)20)25-17-11-14(2)5-6-16(17)21/h5-8,11-12,15,22-23H,4,9-10,13H2,1-3H3,(H,25,26). The van der Waals surface area contributed by atoms with Gasteiger partial charge in [0.25, 0.3) is 0 Å². The summed E-state index contributed by atoms with van der Waals surface area (Å²) in [6, 6.07) is 8.83. The lowest BCUT2D eigenvalue weighted by atomic mass is 10.2. The molecule has 3 aromatic rings. The number of hydrogen-bond donors (Lipinski definition) is 3. The highest BCUT2D eigenvalue weighted by Gasteiger charge is 2.10. The van der Waals surface area contributed by atoms with Crippen molar-refractivity contribution in [2.24, 2.45) is 0 Å². The normalized spacial score (nSPS) is 12.3. The van der Waals surface area contributed by atoms with E-state index in [0.717, 1.165) is 24.5 Å². The summed E-state index contributed by atoms with van der Waals surface area (Å²) in [5.74, 6) is 1.02. The van der Waals surface area contributed by atoms with Crippen molar-refractivity contribution in [2.45, 2.75) is 26.8 Å². The van der Waals surface area contributed by atoms with Gasteiger partial charge >= 0.3 is 0 Å². The Bertz CT molecular complexity index is 913. The number of aryl methyl sites for hydroxylation is 1. The number of anilines is 3. The van der Waals surface area contributed by atoms with Gasteiger partial charge in [-0.25, -0.2) is 9.37 Å². The zero-order chi connectivity index (χ0) is 19.9. The molecule has 3 N–H and O–H groups in total. The summed E-state index contributed by atoms with van der Waals surface area (Å²) < 4.78 is 21.2. The summed E-state index contributed by atoms with van der Waals surface area (Å²) in [6.45, 7) is 8.91. The lowest BCUT2D eigenvalue weighted by Gasteiger charge is -2.17. The topological polar surface area (TPSA) is 75.5 Å². The molecule has 2 aromatic heterocycles. The fraction of sp³-hybridized carbons (Fsp3) is 0.400. The third-order valence-corrected chi connectivity index (χ3v) is 4.28. The molecule has 1 atom stereocenters. The molecule has 0 saturated carbocycles. The van der Waals surface area contributed by atoms with Crippen molar-refractivity contribution in [2.75, 3.05) is 36.9 Å². The van der Waals surface area contributed by atoms with Gasteiger partial charge in [0, 0.05) is 37.9 Å². The molecule has 150 valence electrons. The first-order valence-corrected chi connectivity index (χ1v) is 9.49. The average Bonchev–Trinajstić information content (AvgIpc) is 3.15. The number of rotatable bonds is 10. The Labute approximate surface area is 164 Å². The molecule has 28 heavy (non-hydrogen) atoms. The Morgan fingerprint density at radius 1 is 1.25 bits per heavy atom. The number of fused-ring (bicyclic) bond motifs is 1. The van der Waals surface area contributed by atoms with Crippen LogP contribution in [0.2, 0.25) is 0 Å². The van der Waals surface area contributed by atoms with Crippen molar-refractivity contribution >= 4 is 23.0 Å². The Morgan fingerprint density at radius 2 is 2.11 bits per heavy atom. The van der Waals surface area contributed by atoms with E-state index in [0.29, 0.717) is 30.3 Å². The Kier molecular flexibility index (Phi) is 6.78. The van der Waals surface area contributed by atoms with E-state index in [-0.39, 0.29) is 11.9 Å². The molecular weight excluding hydrogens is 359 g/mol. The Balaban J connectivity index is 1.71.